The van der Waals surface area contributed by atoms with Gasteiger partial charge in [-0.25, -0.2) is 5.43 Å². The van der Waals surface area contributed by atoms with Crippen LogP contribution in [0.5, 0.6) is 5.75 Å². The Morgan fingerprint density at radius 3 is 2.42 bits per heavy atom. The van der Waals surface area contributed by atoms with Crippen LogP contribution in [0.2, 0.25) is 5.02 Å². The molecule has 0 aliphatic heterocycles. The Morgan fingerprint density at radius 2 is 1.74 bits per heavy atom. The highest BCUT2D eigenvalue weighted by molar-refractivity contribution is 6.39. The molecule has 0 aliphatic rings. The molecule has 31 heavy (non-hydrogen) atoms. The number of anilines is 1. The van der Waals surface area contributed by atoms with E-state index < -0.39 is 11.8 Å². The van der Waals surface area contributed by atoms with E-state index in [9.17, 15) is 9.59 Å². The number of nitrogens with one attached hydrogen (secondary N) is 2. The number of aromatic nitrogens is 1. The molecule has 0 unspecified atom stereocenters. The summed E-state index contributed by atoms with van der Waals surface area (Å²) in [4.78, 5) is 24.0. The highest BCUT2D eigenvalue weighted by atomic mass is 35.5. The number of amides is 2. The Kier molecular flexibility index (Phi) is 6.77. The van der Waals surface area contributed by atoms with Gasteiger partial charge in [0.05, 0.1) is 19.0 Å². The number of ether oxygens (including phenoxy) is 1. The van der Waals surface area contributed by atoms with Crippen molar-refractivity contribution >= 4 is 35.3 Å². The number of rotatable bonds is 5. The maximum absolute atomic E-state index is 12.0. The zero-order valence-corrected chi connectivity index (χ0v) is 18.4. The number of halogens is 1. The molecule has 2 aromatic carbocycles. The molecule has 0 saturated carbocycles. The molecular formula is C23H23ClN4O3. The van der Waals surface area contributed by atoms with Crippen molar-refractivity contribution in [2.24, 2.45) is 5.10 Å². The highest BCUT2D eigenvalue weighted by Gasteiger charge is 2.15. The number of carbonyl (C=O) groups excluding carboxylic acids is 2. The number of hydrazone groups is 1. The van der Waals surface area contributed by atoms with Gasteiger partial charge in [-0.2, -0.15) is 5.10 Å². The van der Waals surface area contributed by atoms with E-state index in [1.54, 1.807) is 31.4 Å². The summed E-state index contributed by atoms with van der Waals surface area (Å²) in [5, 5.41) is 6.95. The summed E-state index contributed by atoms with van der Waals surface area (Å²) in [6.07, 6.45) is 1.51. The molecule has 0 radical (unpaired) electrons. The van der Waals surface area contributed by atoms with E-state index in [1.807, 2.05) is 45.0 Å². The van der Waals surface area contributed by atoms with Gasteiger partial charge in [-0.3, -0.25) is 9.59 Å². The van der Waals surface area contributed by atoms with E-state index in [4.69, 9.17) is 16.3 Å². The summed E-state index contributed by atoms with van der Waals surface area (Å²) >= 11 is 5.81. The van der Waals surface area contributed by atoms with Crippen molar-refractivity contribution in [2.75, 3.05) is 12.4 Å². The molecule has 8 heteroatoms. The Balaban J connectivity index is 1.73. The quantitative estimate of drug-likeness (QED) is 0.356. The lowest BCUT2D eigenvalue weighted by molar-refractivity contribution is -0.136. The van der Waals surface area contributed by atoms with Crippen molar-refractivity contribution in [2.45, 2.75) is 20.8 Å². The summed E-state index contributed by atoms with van der Waals surface area (Å²) in [7, 11) is 1.63. The number of hydrogen-bond acceptors (Lipinski definition) is 4. The predicted molar refractivity (Wildman–Crippen MR) is 122 cm³/mol. The lowest BCUT2D eigenvalue weighted by Crippen LogP contribution is -2.32. The van der Waals surface area contributed by atoms with Gasteiger partial charge in [0.25, 0.3) is 0 Å². The minimum absolute atomic E-state index is 0.462. The average Bonchev–Trinajstić information content (AvgIpc) is 3.02. The molecule has 1 heterocycles. The lowest BCUT2D eigenvalue weighted by atomic mass is 10.2. The second kappa shape index (κ2) is 9.49. The maximum Gasteiger partial charge on any atom is 0.329 e. The normalized spacial score (nSPS) is 10.9. The van der Waals surface area contributed by atoms with Crippen molar-refractivity contribution in [3.05, 3.63) is 76.1 Å². The summed E-state index contributed by atoms with van der Waals surface area (Å²) in [6.45, 7) is 5.94. The van der Waals surface area contributed by atoms with Crippen LogP contribution in [-0.2, 0) is 9.59 Å². The van der Waals surface area contributed by atoms with Gasteiger partial charge in [0.15, 0.2) is 0 Å². The molecule has 2 N–H and O–H groups in total. The van der Waals surface area contributed by atoms with Gasteiger partial charge in [0.1, 0.15) is 5.75 Å². The topological polar surface area (TPSA) is 84.7 Å². The minimum Gasteiger partial charge on any atom is -0.495 e. The standard InChI is InChI=1S/C23H23ClN4O3/c1-14-5-10-21(31-4)20(11-14)28-15(2)12-17(16(28)3)13-25-27-23(30)22(29)26-19-8-6-18(24)7-9-19/h5-13H,1-4H3,(H,26,29)(H,27,30)/b25-13+. The summed E-state index contributed by atoms with van der Waals surface area (Å²) in [6, 6.07) is 14.3. The highest BCUT2D eigenvalue weighted by Crippen LogP contribution is 2.28. The van der Waals surface area contributed by atoms with E-state index in [2.05, 4.69) is 20.4 Å². The van der Waals surface area contributed by atoms with Crippen LogP contribution in [-0.4, -0.2) is 29.7 Å². The smallest absolute Gasteiger partial charge is 0.329 e. The first-order valence-corrected chi connectivity index (χ1v) is 9.92. The van der Waals surface area contributed by atoms with E-state index in [-0.39, 0.29) is 0 Å². The van der Waals surface area contributed by atoms with Crippen LogP contribution >= 0.6 is 11.6 Å². The molecule has 0 aliphatic carbocycles. The van der Waals surface area contributed by atoms with Crippen molar-refractivity contribution in [1.29, 1.82) is 0 Å². The number of nitrogens with zero attached hydrogens (tertiary/aromatic N) is 2. The lowest BCUT2D eigenvalue weighted by Gasteiger charge is -2.14. The Bertz CT molecular complexity index is 1150. The van der Waals surface area contributed by atoms with Crippen LogP contribution < -0.4 is 15.5 Å². The van der Waals surface area contributed by atoms with Gasteiger partial charge in [-0.1, -0.05) is 17.7 Å². The zero-order valence-electron chi connectivity index (χ0n) is 17.7. The monoisotopic (exact) mass is 438 g/mol. The molecule has 0 saturated heterocycles. The Morgan fingerprint density at radius 1 is 1.03 bits per heavy atom. The third-order valence-corrected chi connectivity index (χ3v) is 4.98. The van der Waals surface area contributed by atoms with Crippen molar-refractivity contribution in [1.82, 2.24) is 9.99 Å². The zero-order chi connectivity index (χ0) is 22.5. The number of carbonyl (C=O) groups is 2. The SMILES string of the molecule is COc1ccc(C)cc1-n1c(C)cc(/C=N/NC(=O)C(=O)Nc2ccc(Cl)cc2)c1C. The molecule has 3 aromatic rings. The van der Waals surface area contributed by atoms with Crippen molar-refractivity contribution in [3.8, 4) is 11.4 Å². The van der Waals surface area contributed by atoms with Gasteiger partial charge in [-0.15, -0.1) is 0 Å². The first-order valence-electron chi connectivity index (χ1n) is 9.54. The fourth-order valence-electron chi connectivity index (χ4n) is 3.20. The predicted octanol–water partition coefficient (Wildman–Crippen LogP) is 4.15. The van der Waals surface area contributed by atoms with Gasteiger partial charge < -0.3 is 14.6 Å². The van der Waals surface area contributed by atoms with E-state index in [1.165, 1.54) is 6.21 Å². The molecule has 0 bridgehead atoms. The Labute approximate surface area is 185 Å². The molecule has 7 nitrogen and oxygen atoms in total. The first-order chi connectivity index (χ1) is 14.8. The summed E-state index contributed by atoms with van der Waals surface area (Å²) in [5.41, 5.74) is 7.45. The number of benzene rings is 2. The largest absolute Gasteiger partial charge is 0.495 e. The van der Waals surface area contributed by atoms with Crippen LogP contribution in [0, 0.1) is 20.8 Å². The second-order valence-electron chi connectivity index (χ2n) is 7.00. The van der Waals surface area contributed by atoms with Gasteiger partial charge >= 0.3 is 11.8 Å². The van der Waals surface area contributed by atoms with Gasteiger partial charge in [-0.05, 0) is 68.8 Å². The number of aryl methyl sites for hydroxylation is 2. The van der Waals surface area contributed by atoms with E-state index in [0.29, 0.717) is 10.7 Å². The molecular weight excluding hydrogens is 416 g/mol. The molecule has 0 spiro atoms. The van der Waals surface area contributed by atoms with Crippen molar-refractivity contribution in [3.63, 3.8) is 0 Å². The van der Waals surface area contributed by atoms with Crippen LogP contribution in [0.1, 0.15) is 22.5 Å². The minimum atomic E-state index is -0.875. The second-order valence-corrected chi connectivity index (χ2v) is 7.43. The molecule has 1 aromatic heterocycles. The number of hydrogen-bond donors (Lipinski definition) is 2. The summed E-state index contributed by atoms with van der Waals surface area (Å²) < 4.78 is 7.56. The van der Waals surface area contributed by atoms with Crippen molar-refractivity contribution < 1.29 is 14.3 Å². The average molecular weight is 439 g/mol. The van der Waals surface area contributed by atoms with Crippen LogP contribution in [0.4, 0.5) is 5.69 Å². The molecule has 2 amide bonds. The molecule has 0 fully saturated rings. The third kappa shape index (κ3) is 5.13. The maximum atomic E-state index is 12.0. The van der Waals surface area contributed by atoms with Gasteiger partial charge in [0, 0.05) is 27.7 Å². The fourth-order valence-corrected chi connectivity index (χ4v) is 3.32. The fraction of sp³-hybridized carbons (Fsp3) is 0.174. The van der Waals surface area contributed by atoms with Gasteiger partial charge in [0.2, 0.25) is 0 Å². The Hall–Kier alpha value is -3.58. The van der Waals surface area contributed by atoms with Crippen LogP contribution in [0.25, 0.3) is 5.69 Å². The molecule has 0 atom stereocenters. The first kappa shape index (κ1) is 22.1. The van der Waals surface area contributed by atoms with Crippen LogP contribution in [0.3, 0.4) is 0 Å². The summed E-state index contributed by atoms with van der Waals surface area (Å²) in [5.74, 6) is -0.946. The number of methoxy groups -OCH3 is 1. The van der Waals surface area contributed by atoms with Crippen LogP contribution in [0.15, 0.2) is 53.6 Å². The van der Waals surface area contributed by atoms with E-state index >= 15 is 0 Å². The third-order valence-electron chi connectivity index (χ3n) is 4.72. The van der Waals surface area contributed by atoms with E-state index in [0.717, 1.165) is 34.0 Å². The molecule has 3 rings (SSSR count). The molecule has 160 valence electrons.